The quantitative estimate of drug-likeness (QED) is 0.725. The number of hydrogen-bond acceptors (Lipinski definition) is 5. The normalized spacial score (nSPS) is 12.3. The number of nitrogens with zero attached hydrogens (tertiary/aromatic N) is 1. The lowest BCUT2D eigenvalue weighted by Gasteiger charge is -2.21. The van der Waals surface area contributed by atoms with Gasteiger partial charge in [-0.05, 0) is 36.8 Å². The Morgan fingerprint density at radius 1 is 1.04 bits per heavy atom. The zero-order valence-corrected chi connectivity index (χ0v) is 15.7. The van der Waals surface area contributed by atoms with E-state index in [4.69, 9.17) is 4.74 Å². The Labute approximate surface area is 153 Å². The number of amides is 1. The van der Waals surface area contributed by atoms with Gasteiger partial charge in [-0.2, -0.15) is 0 Å². The van der Waals surface area contributed by atoms with E-state index >= 15 is 0 Å². The van der Waals surface area contributed by atoms with Gasteiger partial charge in [0, 0.05) is 19.0 Å². The van der Waals surface area contributed by atoms with Crippen molar-refractivity contribution in [1.82, 2.24) is 0 Å². The fourth-order valence-corrected chi connectivity index (χ4v) is 3.17. The molecular formula is C19H21NO5S. The molecule has 0 saturated heterocycles. The minimum atomic E-state index is -3.14. The second-order valence-electron chi connectivity index (χ2n) is 6.05. The van der Waals surface area contributed by atoms with Gasteiger partial charge in [-0.3, -0.25) is 4.79 Å². The number of carbonyl (C=O) groups excluding carboxylic acids is 2. The van der Waals surface area contributed by atoms with E-state index in [1.165, 1.54) is 24.0 Å². The molecular weight excluding hydrogens is 354 g/mol. The monoisotopic (exact) mass is 375 g/mol. The molecule has 0 bridgehead atoms. The topological polar surface area (TPSA) is 80.8 Å². The molecule has 0 radical (unpaired) electrons. The van der Waals surface area contributed by atoms with Crippen molar-refractivity contribution in [2.45, 2.75) is 18.8 Å². The van der Waals surface area contributed by atoms with Gasteiger partial charge in [-0.1, -0.05) is 30.3 Å². The summed E-state index contributed by atoms with van der Waals surface area (Å²) in [5.41, 5.74) is 1.53. The highest BCUT2D eigenvalue weighted by Gasteiger charge is 2.23. The van der Waals surface area contributed by atoms with E-state index in [2.05, 4.69) is 0 Å². The van der Waals surface area contributed by atoms with Crippen LogP contribution in [0.2, 0.25) is 0 Å². The SMILES string of the molecule is CC(OC(=O)c1ccc(CS(C)(=O)=O)cc1)C(=O)N(C)c1ccccc1. The van der Waals surface area contributed by atoms with Gasteiger partial charge in [0.25, 0.3) is 5.91 Å². The summed E-state index contributed by atoms with van der Waals surface area (Å²) in [4.78, 5) is 26.0. The molecule has 1 unspecified atom stereocenters. The molecule has 0 heterocycles. The molecule has 0 spiro atoms. The molecule has 26 heavy (non-hydrogen) atoms. The molecule has 0 N–H and O–H groups in total. The molecule has 6 nitrogen and oxygen atoms in total. The lowest BCUT2D eigenvalue weighted by Crippen LogP contribution is -2.37. The fraction of sp³-hybridized carbons (Fsp3) is 0.263. The number of benzene rings is 2. The van der Waals surface area contributed by atoms with Crippen LogP contribution < -0.4 is 4.90 Å². The summed E-state index contributed by atoms with van der Waals surface area (Å²) in [5, 5.41) is 0. The van der Waals surface area contributed by atoms with Gasteiger partial charge in [0.1, 0.15) is 0 Å². The zero-order valence-electron chi connectivity index (χ0n) is 14.9. The van der Waals surface area contributed by atoms with Crippen LogP contribution in [0.4, 0.5) is 5.69 Å². The Morgan fingerprint density at radius 3 is 2.15 bits per heavy atom. The highest BCUT2D eigenvalue weighted by molar-refractivity contribution is 7.89. The maximum atomic E-state index is 12.4. The summed E-state index contributed by atoms with van der Waals surface area (Å²) in [6, 6.07) is 15.1. The summed E-state index contributed by atoms with van der Waals surface area (Å²) < 4.78 is 27.8. The predicted molar refractivity (Wildman–Crippen MR) is 99.7 cm³/mol. The van der Waals surface area contributed by atoms with Gasteiger partial charge in [0.15, 0.2) is 15.9 Å². The summed E-state index contributed by atoms with van der Waals surface area (Å²) in [7, 11) is -1.53. The molecule has 0 saturated carbocycles. The molecule has 0 aromatic heterocycles. The number of para-hydroxylation sites is 1. The van der Waals surface area contributed by atoms with E-state index in [-0.39, 0.29) is 17.2 Å². The van der Waals surface area contributed by atoms with Crippen LogP contribution in [0, 0.1) is 0 Å². The second kappa shape index (κ2) is 8.14. The molecule has 1 atom stereocenters. The second-order valence-corrected chi connectivity index (χ2v) is 8.19. The summed E-state index contributed by atoms with van der Waals surface area (Å²) >= 11 is 0. The van der Waals surface area contributed by atoms with Crippen LogP contribution >= 0.6 is 0 Å². The van der Waals surface area contributed by atoms with Crippen LogP contribution in [-0.4, -0.2) is 39.7 Å². The first-order chi connectivity index (χ1) is 12.2. The van der Waals surface area contributed by atoms with Gasteiger partial charge >= 0.3 is 5.97 Å². The molecule has 0 aliphatic heterocycles. The number of ether oxygens (including phenoxy) is 1. The van der Waals surface area contributed by atoms with E-state index < -0.39 is 21.9 Å². The number of rotatable bonds is 6. The minimum absolute atomic E-state index is 0.0981. The van der Waals surface area contributed by atoms with Crippen LogP contribution in [0.5, 0.6) is 0 Å². The lowest BCUT2D eigenvalue weighted by atomic mass is 10.1. The van der Waals surface area contributed by atoms with Crippen molar-refractivity contribution in [1.29, 1.82) is 0 Å². The van der Waals surface area contributed by atoms with Gasteiger partial charge < -0.3 is 9.64 Å². The first kappa shape index (κ1) is 19.7. The van der Waals surface area contributed by atoms with E-state index in [1.807, 2.05) is 18.2 Å². The van der Waals surface area contributed by atoms with Crippen LogP contribution in [0.3, 0.4) is 0 Å². The third-order valence-electron chi connectivity index (χ3n) is 3.72. The third-order valence-corrected chi connectivity index (χ3v) is 4.58. The van der Waals surface area contributed by atoms with Crippen molar-refractivity contribution >= 4 is 27.4 Å². The number of likely N-dealkylation sites (N-methyl/N-ethyl adjacent to an activating group) is 1. The Morgan fingerprint density at radius 2 is 1.62 bits per heavy atom. The van der Waals surface area contributed by atoms with Gasteiger partial charge in [-0.25, -0.2) is 13.2 Å². The highest BCUT2D eigenvalue weighted by atomic mass is 32.2. The molecule has 1 amide bonds. The van der Waals surface area contributed by atoms with Crippen molar-refractivity contribution in [3.05, 3.63) is 65.7 Å². The lowest BCUT2D eigenvalue weighted by molar-refractivity contribution is -0.126. The Balaban J connectivity index is 2.01. The average Bonchev–Trinajstić information content (AvgIpc) is 2.60. The van der Waals surface area contributed by atoms with Crippen molar-refractivity contribution in [3.63, 3.8) is 0 Å². The molecule has 2 aromatic rings. The van der Waals surface area contributed by atoms with Crippen LogP contribution in [0.1, 0.15) is 22.8 Å². The first-order valence-corrected chi connectivity index (χ1v) is 10.0. The molecule has 0 aliphatic rings. The Kier molecular flexibility index (Phi) is 6.15. The van der Waals surface area contributed by atoms with E-state index in [9.17, 15) is 18.0 Å². The van der Waals surface area contributed by atoms with Gasteiger partial charge in [0.05, 0.1) is 11.3 Å². The van der Waals surface area contributed by atoms with Gasteiger partial charge in [0.2, 0.25) is 0 Å². The summed E-state index contributed by atoms with van der Waals surface area (Å²) in [5.74, 6) is -1.09. The fourth-order valence-electron chi connectivity index (χ4n) is 2.37. The molecule has 2 rings (SSSR count). The Bertz CT molecular complexity index is 876. The molecule has 0 fully saturated rings. The minimum Gasteiger partial charge on any atom is -0.449 e. The van der Waals surface area contributed by atoms with Crippen molar-refractivity contribution in [3.8, 4) is 0 Å². The number of sulfone groups is 1. The first-order valence-electron chi connectivity index (χ1n) is 7.97. The zero-order chi connectivity index (χ0) is 19.3. The largest absolute Gasteiger partial charge is 0.449 e. The average molecular weight is 375 g/mol. The molecule has 0 aliphatic carbocycles. The van der Waals surface area contributed by atoms with Gasteiger partial charge in [-0.15, -0.1) is 0 Å². The maximum absolute atomic E-state index is 12.4. The predicted octanol–water partition coefficient (Wildman–Crippen LogP) is 2.44. The highest BCUT2D eigenvalue weighted by Crippen LogP contribution is 2.15. The smallest absolute Gasteiger partial charge is 0.338 e. The molecule has 138 valence electrons. The van der Waals surface area contributed by atoms with Crippen molar-refractivity contribution in [2.24, 2.45) is 0 Å². The summed E-state index contributed by atoms with van der Waals surface area (Å²) in [6.07, 6.45) is 0.189. The number of esters is 1. The number of carbonyl (C=O) groups is 2. The van der Waals surface area contributed by atoms with Crippen molar-refractivity contribution in [2.75, 3.05) is 18.2 Å². The Hall–Kier alpha value is -2.67. The standard InChI is InChI=1S/C19H21NO5S/c1-14(18(21)20(2)17-7-5-4-6-8-17)25-19(22)16-11-9-15(10-12-16)13-26(3,23)24/h4-12,14H,13H2,1-3H3. The van der Waals surface area contributed by atoms with E-state index in [1.54, 1.807) is 31.3 Å². The maximum Gasteiger partial charge on any atom is 0.338 e. The van der Waals surface area contributed by atoms with Crippen LogP contribution in [-0.2, 0) is 25.1 Å². The summed E-state index contributed by atoms with van der Waals surface area (Å²) in [6.45, 7) is 1.51. The molecule has 2 aromatic carbocycles. The van der Waals surface area contributed by atoms with Crippen molar-refractivity contribution < 1.29 is 22.7 Å². The van der Waals surface area contributed by atoms with Crippen LogP contribution in [0.15, 0.2) is 54.6 Å². The van der Waals surface area contributed by atoms with Crippen LogP contribution in [0.25, 0.3) is 0 Å². The third kappa shape index (κ3) is 5.42. The molecule has 7 heteroatoms. The van der Waals surface area contributed by atoms with E-state index in [0.717, 1.165) is 6.26 Å². The number of anilines is 1. The van der Waals surface area contributed by atoms with E-state index in [0.29, 0.717) is 11.3 Å². The number of hydrogen-bond donors (Lipinski definition) is 0.